The molecule has 2 bridgehead atoms. The minimum Gasteiger partial charge on any atom is -0.393 e. The number of hydrogen-bond acceptors (Lipinski definition) is 4. The van der Waals surface area contributed by atoms with Gasteiger partial charge in [-0.3, -0.25) is 4.79 Å². The van der Waals surface area contributed by atoms with Crippen molar-refractivity contribution in [3.05, 3.63) is 94.6 Å². The van der Waals surface area contributed by atoms with E-state index in [0.29, 0.717) is 25.8 Å². The lowest BCUT2D eigenvalue weighted by Gasteiger charge is -2.46. The summed E-state index contributed by atoms with van der Waals surface area (Å²) in [4.78, 5) is 30.2. The van der Waals surface area contributed by atoms with Gasteiger partial charge in [0.15, 0.2) is 5.78 Å². The molecule has 2 amide bonds. The van der Waals surface area contributed by atoms with Crippen LogP contribution in [0.1, 0.15) is 131 Å². The summed E-state index contributed by atoms with van der Waals surface area (Å²) >= 11 is 0. The van der Waals surface area contributed by atoms with Crippen molar-refractivity contribution in [1.29, 1.82) is 0 Å². The third-order valence-electron chi connectivity index (χ3n) is 12.3. The summed E-state index contributed by atoms with van der Waals surface area (Å²) in [5.41, 5.74) is 3.33. The molecule has 268 valence electrons. The van der Waals surface area contributed by atoms with Gasteiger partial charge in [-0.15, -0.1) is 0 Å². The summed E-state index contributed by atoms with van der Waals surface area (Å²) in [5, 5.41) is 29.4. The molecule has 0 unspecified atom stereocenters. The summed E-state index contributed by atoms with van der Waals surface area (Å²) in [6, 6.07) is 20.6. The Balaban J connectivity index is 1.41. The third-order valence-corrected chi connectivity index (χ3v) is 12.3. The lowest BCUT2D eigenvalue weighted by Crippen LogP contribution is -2.55. The Morgan fingerprint density at radius 1 is 0.960 bits per heavy atom. The van der Waals surface area contributed by atoms with Crippen molar-refractivity contribution < 1.29 is 19.8 Å². The first-order valence-electron chi connectivity index (χ1n) is 19.2. The number of amides is 2. The van der Waals surface area contributed by atoms with Gasteiger partial charge in [0, 0.05) is 29.5 Å². The first-order chi connectivity index (χ1) is 24.0. The van der Waals surface area contributed by atoms with Crippen molar-refractivity contribution in [2.45, 2.75) is 135 Å². The fraction of sp³-hybridized carbons (Fsp3) is 0.545. The van der Waals surface area contributed by atoms with Gasteiger partial charge in [-0.05, 0) is 118 Å². The first-order valence-corrected chi connectivity index (χ1v) is 19.2. The van der Waals surface area contributed by atoms with Crippen LogP contribution in [0, 0.1) is 11.3 Å². The molecular weight excluding hydrogens is 620 g/mol. The molecule has 6 heteroatoms. The maximum atomic E-state index is 14.4. The molecular formula is C44H58N2O4. The number of fused-ring (bicyclic) bond motifs is 9. The highest BCUT2D eigenvalue weighted by atomic mass is 16.3. The standard InChI is InChI=1S/C44H58N2O4/c1-30(2)45-42(49)46(28-35-17-10-16-33-13-8-9-18-37(33)35)29-44(50)25-23-40-38-22-20-32(27-39(38)41(48)34-14-6-5-7-15-34)26-36(47)21-19-31(3)12-11-24-43(40,44)4/h8-10,12-13,16-18,20,22,27,30,34,36,40,47,50H,5-7,11,14-15,19,21,23-26,28-29H2,1-4H3,(H,45,49)/t36-,40-,43-,44+/m0/s1. The van der Waals surface area contributed by atoms with E-state index in [4.69, 9.17) is 0 Å². The number of hydrogen-bond donors (Lipinski definition) is 3. The molecule has 7 rings (SSSR count). The Morgan fingerprint density at radius 3 is 2.50 bits per heavy atom. The maximum Gasteiger partial charge on any atom is 0.317 e. The smallest absolute Gasteiger partial charge is 0.317 e. The summed E-state index contributed by atoms with van der Waals surface area (Å²) in [5.74, 6) is 0.193. The number of aliphatic hydroxyl groups excluding tert-OH is 1. The van der Waals surface area contributed by atoms with Crippen molar-refractivity contribution in [1.82, 2.24) is 10.2 Å². The fourth-order valence-corrected chi connectivity index (χ4v) is 9.29. The maximum absolute atomic E-state index is 14.4. The molecule has 3 aromatic rings. The van der Waals surface area contributed by atoms with Gasteiger partial charge < -0.3 is 20.4 Å². The Labute approximate surface area is 299 Å². The molecule has 0 saturated heterocycles. The average molecular weight is 679 g/mol. The second-order valence-electron chi connectivity index (χ2n) is 16.2. The van der Waals surface area contributed by atoms with Gasteiger partial charge in [0.25, 0.3) is 0 Å². The first kappa shape index (κ1) is 36.3. The van der Waals surface area contributed by atoms with E-state index in [1.54, 1.807) is 0 Å². The molecule has 0 aromatic heterocycles. The molecule has 2 fully saturated rings. The van der Waals surface area contributed by atoms with Crippen LogP contribution < -0.4 is 5.32 Å². The van der Waals surface area contributed by atoms with Crippen molar-refractivity contribution in [3.8, 4) is 0 Å². The molecule has 3 N–H and O–H groups in total. The Bertz CT molecular complexity index is 1700. The monoisotopic (exact) mass is 678 g/mol. The number of carbonyl (C=O) groups excluding carboxylic acids is 2. The molecule has 0 radical (unpaired) electrons. The van der Waals surface area contributed by atoms with E-state index in [1.807, 2.05) is 36.9 Å². The largest absolute Gasteiger partial charge is 0.393 e. The highest BCUT2D eigenvalue weighted by Gasteiger charge is 2.57. The SMILES string of the molecule is CC1=CCC[C@@]2(C)[C@@H](CC[C@@]2(O)CN(Cc2cccc3ccccc23)C(=O)NC(C)C)c2ccc(cc2C(=O)C2CCCCC2)C[C@@H](O)CC1. The van der Waals surface area contributed by atoms with Crippen LogP contribution >= 0.6 is 0 Å². The van der Waals surface area contributed by atoms with Crippen LogP contribution in [0.15, 0.2) is 72.3 Å². The quantitative estimate of drug-likeness (QED) is 0.172. The second kappa shape index (κ2) is 15.4. The van der Waals surface area contributed by atoms with E-state index in [1.165, 1.54) is 12.0 Å². The lowest BCUT2D eigenvalue weighted by atomic mass is 9.64. The normalized spacial score (nSPS) is 26.3. The summed E-state index contributed by atoms with van der Waals surface area (Å²) in [7, 11) is 0. The summed E-state index contributed by atoms with van der Waals surface area (Å²) in [6.07, 6.45) is 11.8. The molecule has 0 spiro atoms. The van der Waals surface area contributed by atoms with Gasteiger partial charge in [0.1, 0.15) is 0 Å². The zero-order valence-corrected chi connectivity index (χ0v) is 30.7. The minimum atomic E-state index is -1.19. The van der Waals surface area contributed by atoms with Crippen molar-refractivity contribution in [2.24, 2.45) is 11.3 Å². The number of rotatable bonds is 7. The molecule has 4 aliphatic carbocycles. The van der Waals surface area contributed by atoms with Crippen LogP contribution in [0.3, 0.4) is 0 Å². The second-order valence-corrected chi connectivity index (χ2v) is 16.2. The molecule has 4 aliphatic rings. The van der Waals surface area contributed by atoms with Gasteiger partial charge in [-0.2, -0.15) is 0 Å². The molecule has 4 atom stereocenters. The van der Waals surface area contributed by atoms with Crippen LogP contribution in [0.2, 0.25) is 0 Å². The molecule has 3 aromatic carbocycles. The Morgan fingerprint density at radius 2 is 1.72 bits per heavy atom. The summed E-state index contributed by atoms with van der Waals surface area (Å²) < 4.78 is 0. The molecule has 50 heavy (non-hydrogen) atoms. The van der Waals surface area contributed by atoms with Crippen molar-refractivity contribution >= 4 is 22.6 Å². The molecule has 0 aliphatic heterocycles. The van der Waals surface area contributed by atoms with E-state index in [0.717, 1.165) is 84.4 Å². The van der Waals surface area contributed by atoms with Crippen LogP contribution in [-0.4, -0.2) is 51.2 Å². The number of aliphatic hydroxyl groups is 2. The number of Topliss-reactive ketones (excluding diaryl/α,β-unsaturated/α-hetero) is 1. The zero-order valence-electron chi connectivity index (χ0n) is 30.7. The number of carbonyl (C=O) groups is 2. The minimum absolute atomic E-state index is 0.0228. The van der Waals surface area contributed by atoms with Crippen molar-refractivity contribution in [2.75, 3.05) is 6.54 Å². The van der Waals surface area contributed by atoms with Crippen LogP contribution in [0.4, 0.5) is 4.79 Å². The Kier molecular flexibility index (Phi) is 11.2. The van der Waals surface area contributed by atoms with Gasteiger partial charge >= 0.3 is 6.03 Å². The number of urea groups is 1. The number of benzene rings is 3. The third kappa shape index (κ3) is 7.72. The fourth-order valence-electron chi connectivity index (χ4n) is 9.29. The van der Waals surface area contributed by atoms with Crippen LogP contribution in [-0.2, 0) is 13.0 Å². The highest BCUT2D eigenvalue weighted by Crippen LogP contribution is 2.59. The van der Waals surface area contributed by atoms with Gasteiger partial charge in [0.2, 0.25) is 0 Å². The topological polar surface area (TPSA) is 89.9 Å². The number of ketones is 1. The molecule has 0 heterocycles. The number of allylic oxidation sites excluding steroid dienone is 2. The predicted octanol–water partition coefficient (Wildman–Crippen LogP) is 9.26. The Hall–Kier alpha value is -3.48. The van der Waals surface area contributed by atoms with Crippen molar-refractivity contribution in [3.63, 3.8) is 0 Å². The van der Waals surface area contributed by atoms with E-state index in [9.17, 15) is 19.8 Å². The van der Waals surface area contributed by atoms with Gasteiger partial charge in [0.05, 0.1) is 18.2 Å². The predicted molar refractivity (Wildman–Crippen MR) is 202 cm³/mol. The molecule has 2 saturated carbocycles. The highest BCUT2D eigenvalue weighted by molar-refractivity contribution is 5.99. The van der Waals surface area contributed by atoms with E-state index >= 15 is 0 Å². The van der Waals surface area contributed by atoms with E-state index < -0.39 is 17.1 Å². The van der Waals surface area contributed by atoms with E-state index in [-0.39, 0.29) is 36.2 Å². The van der Waals surface area contributed by atoms with E-state index in [2.05, 4.69) is 67.7 Å². The number of nitrogens with zero attached hydrogens (tertiary/aromatic N) is 1. The van der Waals surface area contributed by atoms with Gasteiger partial charge in [-0.25, -0.2) is 4.79 Å². The van der Waals surface area contributed by atoms with Crippen LogP contribution in [0.25, 0.3) is 10.8 Å². The zero-order chi connectivity index (χ0) is 35.5. The summed E-state index contributed by atoms with van der Waals surface area (Å²) in [6.45, 7) is 8.86. The van der Waals surface area contributed by atoms with Gasteiger partial charge in [-0.1, -0.05) is 92.4 Å². The number of nitrogens with one attached hydrogen (secondary N) is 1. The molecule has 6 nitrogen and oxygen atoms in total. The van der Waals surface area contributed by atoms with Crippen LogP contribution in [0.5, 0.6) is 0 Å². The average Bonchev–Trinajstić information content (AvgIpc) is 3.35. The lowest BCUT2D eigenvalue weighted by molar-refractivity contribution is -0.0780.